The summed E-state index contributed by atoms with van der Waals surface area (Å²) in [5.74, 6) is 0.299. The van der Waals surface area contributed by atoms with Crippen molar-refractivity contribution >= 4 is 11.9 Å². The van der Waals surface area contributed by atoms with E-state index in [1.165, 1.54) is 4.90 Å². The summed E-state index contributed by atoms with van der Waals surface area (Å²) >= 11 is 0. The van der Waals surface area contributed by atoms with Crippen LogP contribution in [0.1, 0.15) is 11.6 Å². The fraction of sp³-hybridized carbons (Fsp3) is 0.333. The standard InChI is InChI=1S/C12H15N3O3/c1-18-7-6-15-10(11(13)14-12(15)17)8-2-4-9(16)5-3-8/h2-5,10,16H,6-7H2,1H3,(H2,13,14,17). The third kappa shape index (κ3) is 2.28. The third-order valence-corrected chi connectivity index (χ3v) is 2.83. The van der Waals surface area contributed by atoms with E-state index < -0.39 is 6.04 Å². The summed E-state index contributed by atoms with van der Waals surface area (Å²) in [7, 11) is 1.56. The number of carbonyl (C=O) groups excluding carboxylic acids is 1. The highest BCUT2D eigenvalue weighted by Crippen LogP contribution is 2.26. The van der Waals surface area contributed by atoms with Gasteiger partial charge in [0.05, 0.1) is 6.61 Å². The van der Waals surface area contributed by atoms with Crippen molar-refractivity contribution in [2.75, 3.05) is 20.3 Å². The van der Waals surface area contributed by atoms with Crippen LogP contribution in [0, 0.1) is 5.41 Å². The highest BCUT2D eigenvalue weighted by atomic mass is 16.5. The summed E-state index contributed by atoms with van der Waals surface area (Å²) in [4.78, 5) is 13.3. The average Bonchev–Trinajstić information content (AvgIpc) is 2.62. The molecule has 1 unspecified atom stereocenters. The van der Waals surface area contributed by atoms with Crippen molar-refractivity contribution in [3.05, 3.63) is 29.8 Å². The highest BCUT2D eigenvalue weighted by Gasteiger charge is 2.36. The van der Waals surface area contributed by atoms with Crippen LogP contribution in [0.15, 0.2) is 24.3 Å². The van der Waals surface area contributed by atoms with Gasteiger partial charge in [0.15, 0.2) is 0 Å². The van der Waals surface area contributed by atoms with Gasteiger partial charge in [-0.1, -0.05) is 12.1 Å². The number of phenolic OH excluding ortho intramolecular Hbond substituents is 1. The number of nitrogens with one attached hydrogen (secondary N) is 2. The average molecular weight is 249 g/mol. The van der Waals surface area contributed by atoms with Crippen LogP contribution in [0.4, 0.5) is 4.79 Å². The molecule has 1 heterocycles. The molecule has 1 fully saturated rings. The Morgan fingerprint density at radius 1 is 1.44 bits per heavy atom. The minimum absolute atomic E-state index is 0.141. The number of carbonyl (C=O) groups is 1. The maximum Gasteiger partial charge on any atom is 0.323 e. The van der Waals surface area contributed by atoms with E-state index >= 15 is 0 Å². The highest BCUT2D eigenvalue weighted by molar-refractivity contribution is 6.06. The second-order valence-electron chi connectivity index (χ2n) is 4.02. The minimum Gasteiger partial charge on any atom is -0.508 e. The van der Waals surface area contributed by atoms with Gasteiger partial charge in [0, 0.05) is 13.7 Å². The molecule has 18 heavy (non-hydrogen) atoms. The number of benzene rings is 1. The number of methoxy groups -OCH3 is 1. The summed E-state index contributed by atoms with van der Waals surface area (Å²) in [6.45, 7) is 0.825. The first kappa shape index (κ1) is 12.4. The number of nitrogens with zero attached hydrogens (tertiary/aromatic N) is 1. The number of phenols is 1. The number of hydrogen-bond donors (Lipinski definition) is 3. The Morgan fingerprint density at radius 2 is 2.11 bits per heavy atom. The number of amidine groups is 1. The zero-order valence-electron chi connectivity index (χ0n) is 10.0. The molecule has 3 N–H and O–H groups in total. The SMILES string of the molecule is COCCN1C(=O)NC(=N)C1c1ccc(O)cc1. The second-order valence-corrected chi connectivity index (χ2v) is 4.02. The van der Waals surface area contributed by atoms with Crippen molar-refractivity contribution in [3.63, 3.8) is 0 Å². The van der Waals surface area contributed by atoms with E-state index in [1.807, 2.05) is 0 Å². The maximum absolute atomic E-state index is 11.7. The van der Waals surface area contributed by atoms with Gasteiger partial charge in [-0.25, -0.2) is 4.79 Å². The zero-order chi connectivity index (χ0) is 13.1. The Kier molecular flexibility index (Phi) is 3.47. The van der Waals surface area contributed by atoms with E-state index in [4.69, 9.17) is 10.1 Å². The van der Waals surface area contributed by atoms with Crippen LogP contribution in [0.5, 0.6) is 5.75 Å². The van der Waals surface area contributed by atoms with Gasteiger partial charge < -0.3 is 14.7 Å². The molecule has 0 saturated carbocycles. The minimum atomic E-state index is -0.437. The summed E-state index contributed by atoms with van der Waals surface area (Å²) in [5.41, 5.74) is 0.784. The molecule has 0 aliphatic carbocycles. The summed E-state index contributed by atoms with van der Waals surface area (Å²) in [6, 6.07) is 5.76. The lowest BCUT2D eigenvalue weighted by Gasteiger charge is -2.22. The molecular weight excluding hydrogens is 234 g/mol. The molecule has 1 aliphatic heterocycles. The first-order chi connectivity index (χ1) is 8.63. The molecule has 1 aromatic carbocycles. The lowest BCUT2D eigenvalue weighted by molar-refractivity contribution is 0.151. The number of urea groups is 1. The maximum atomic E-state index is 11.7. The van der Waals surface area contributed by atoms with Gasteiger partial charge in [-0.15, -0.1) is 0 Å². The predicted molar refractivity (Wildman–Crippen MR) is 65.7 cm³/mol. The zero-order valence-corrected chi connectivity index (χ0v) is 10.0. The predicted octanol–water partition coefficient (Wildman–Crippen LogP) is 1.08. The Labute approximate surface area is 105 Å². The van der Waals surface area contributed by atoms with Gasteiger partial charge in [-0.05, 0) is 17.7 Å². The number of rotatable bonds is 4. The topological polar surface area (TPSA) is 85.7 Å². The smallest absolute Gasteiger partial charge is 0.323 e. The molecule has 1 saturated heterocycles. The van der Waals surface area contributed by atoms with Gasteiger partial charge in [0.25, 0.3) is 0 Å². The van der Waals surface area contributed by atoms with Crippen LogP contribution in [0.25, 0.3) is 0 Å². The largest absolute Gasteiger partial charge is 0.508 e. The Bertz CT molecular complexity index is 458. The van der Waals surface area contributed by atoms with E-state index in [0.29, 0.717) is 13.2 Å². The lowest BCUT2D eigenvalue weighted by Crippen LogP contribution is -2.32. The lowest BCUT2D eigenvalue weighted by atomic mass is 10.1. The molecule has 0 radical (unpaired) electrons. The van der Waals surface area contributed by atoms with Crippen molar-refractivity contribution in [2.45, 2.75) is 6.04 Å². The second kappa shape index (κ2) is 5.05. The van der Waals surface area contributed by atoms with Gasteiger partial charge in [0.2, 0.25) is 0 Å². The Morgan fingerprint density at radius 3 is 2.72 bits per heavy atom. The fourth-order valence-corrected chi connectivity index (χ4v) is 1.95. The van der Waals surface area contributed by atoms with Crippen LogP contribution in [0.2, 0.25) is 0 Å². The number of hydrogen-bond acceptors (Lipinski definition) is 4. The van der Waals surface area contributed by atoms with Gasteiger partial charge in [0.1, 0.15) is 17.6 Å². The molecule has 2 rings (SSSR count). The molecule has 96 valence electrons. The van der Waals surface area contributed by atoms with Crippen LogP contribution < -0.4 is 5.32 Å². The van der Waals surface area contributed by atoms with Crippen LogP contribution in [0.3, 0.4) is 0 Å². The van der Waals surface area contributed by atoms with Crippen LogP contribution >= 0.6 is 0 Å². The summed E-state index contributed by atoms with van der Waals surface area (Å²) in [5, 5.41) is 19.6. The summed E-state index contributed by atoms with van der Waals surface area (Å²) in [6.07, 6.45) is 0. The molecule has 0 aromatic heterocycles. The normalized spacial score (nSPS) is 19.2. The molecule has 6 heteroatoms. The Hall–Kier alpha value is -2.08. The van der Waals surface area contributed by atoms with E-state index in [0.717, 1.165) is 5.56 Å². The first-order valence-electron chi connectivity index (χ1n) is 5.57. The molecule has 2 amide bonds. The first-order valence-corrected chi connectivity index (χ1v) is 5.57. The third-order valence-electron chi connectivity index (χ3n) is 2.83. The quantitative estimate of drug-likeness (QED) is 0.746. The molecule has 1 atom stereocenters. The molecule has 6 nitrogen and oxygen atoms in total. The van der Waals surface area contributed by atoms with Gasteiger partial charge in [-0.2, -0.15) is 0 Å². The van der Waals surface area contributed by atoms with Crippen molar-refractivity contribution in [1.29, 1.82) is 5.41 Å². The van der Waals surface area contributed by atoms with E-state index in [2.05, 4.69) is 5.32 Å². The van der Waals surface area contributed by atoms with Crippen molar-refractivity contribution in [1.82, 2.24) is 10.2 Å². The van der Waals surface area contributed by atoms with Crippen molar-refractivity contribution in [3.8, 4) is 5.75 Å². The van der Waals surface area contributed by atoms with Gasteiger partial charge >= 0.3 is 6.03 Å². The number of amides is 2. The molecule has 1 aliphatic rings. The number of aromatic hydroxyl groups is 1. The van der Waals surface area contributed by atoms with Crippen molar-refractivity contribution in [2.24, 2.45) is 0 Å². The van der Waals surface area contributed by atoms with Crippen LogP contribution in [-0.2, 0) is 4.74 Å². The van der Waals surface area contributed by atoms with Gasteiger partial charge in [-0.3, -0.25) is 10.7 Å². The van der Waals surface area contributed by atoms with Crippen molar-refractivity contribution < 1.29 is 14.6 Å². The van der Waals surface area contributed by atoms with E-state index in [9.17, 15) is 9.90 Å². The number of ether oxygens (including phenoxy) is 1. The van der Waals surface area contributed by atoms with E-state index in [-0.39, 0.29) is 17.6 Å². The van der Waals surface area contributed by atoms with Crippen LogP contribution in [-0.4, -0.2) is 42.1 Å². The van der Waals surface area contributed by atoms with E-state index in [1.54, 1.807) is 31.4 Å². The molecular formula is C12H15N3O3. The fourth-order valence-electron chi connectivity index (χ4n) is 1.95. The molecule has 0 spiro atoms. The monoisotopic (exact) mass is 249 g/mol. The Balaban J connectivity index is 2.24. The summed E-state index contributed by atoms with van der Waals surface area (Å²) < 4.78 is 4.96. The molecule has 1 aromatic rings. The molecule has 0 bridgehead atoms.